The first-order valence-electron chi connectivity index (χ1n) is 9.31. The molecule has 0 unspecified atom stereocenters. The molecular weight excluding hydrogens is 442 g/mol. The zero-order valence-electron chi connectivity index (χ0n) is 15.8. The van der Waals surface area contributed by atoms with Gasteiger partial charge in [-0.1, -0.05) is 65.7 Å². The van der Waals surface area contributed by atoms with Gasteiger partial charge in [0, 0.05) is 15.4 Å². The molecule has 0 aliphatic carbocycles. The van der Waals surface area contributed by atoms with Crippen molar-refractivity contribution >= 4 is 43.8 Å². The van der Waals surface area contributed by atoms with Crippen LogP contribution in [0.4, 0.5) is 4.39 Å². The Hall–Kier alpha value is -2.40. The quantitative estimate of drug-likeness (QED) is 0.325. The Morgan fingerprint density at radius 3 is 2.10 bits per heavy atom. The lowest BCUT2D eigenvalue weighted by molar-refractivity contribution is 0.595. The van der Waals surface area contributed by atoms with Crippen LogP contribution in [0.25, 0.3) is 10.8 Å². The molecule has 0 N–H and O–H groups in total. The molecule has 4 aromatic rings. The minimum atomic E-state index is -3.81. The SMILES string of the molecule is O=S(=O)(c1ccc(Cl)cc1)c1c(CCc2ccc(Cl)cc2F)ccc2ccccc12. The average molecular weight is 459 g/mol. The first kappa shape index (κ1) is 20.9. The maximum absolute atomic E-state index is 14.2. The third kappa shape index (κ3) is 4.08. The minimum Gasteiger partial charge on any atom is -0.218 e. The largest absolute Gasteiger partial charge is 0.218 e. The Balaban J connectivity index is 1.83. The summed E-state index contributed by atoms with van der Waals surface area (Å²) in [7, 11) is -3.81. The monoisotopic (exact) mass is 458 g/mol. The first-order chi connectivity index (χ1) is 14.4. The van der Waals surface area contributed by atoms with Crippen molar-refractivity contribution in [2.45, 2.75) is 22.6 Å². The van der Waals surface area contributed by atoms with Gasteiger partial charge in [0.25, 0.3) is 0 Å². The summed E-state index contributed by atoms with van der Waals surface area (Å²) in [6, 6.07) is 21.7. The molecular formula is C24H17Cl2FO2S. The van der Waals surface area contributed by atoms with E-state index in [1.807, 2.05) is 24.3 Å². The molecule has 0 bridgehead atoms. The highest BCUT2D eigenvalue weighted by molar-refractivity contribution is 7.91. The summed E-state index contributed by atoms with van der Waals surface area (Å²) in [5.74, 6) is -0.398. The number of fused-ring (bicyclic) bond motifs is 1. The van der Waals surface area contributed by atoms with E-state index < -0.39 is 15.7 Å². The van der Waals surface area contributed by atoms with E-state index in [0.29, 0.717) is 39.4 Å². The fourth-order valence-corrected chi connectivity index (χ4v) is 5.53. The van der Waals surface area contributed by atoms with E-state index in [0.717, 1.165) is 5.39 Å². The lowest BCUT2D eigenvalue weighted by Gasteiger charge is -2.15. The Morgan fingerprint density at radius 2 is 1.37 bits per heavy atom. The van der Waals surface area contributed by atoms with Crippen LogP contribution in [0, 0.1) is 5.82 Å². The van der Waals surface area contributed by atoms with Crippen LogP contribution in [0.5, 0.6) is 0 Å². The van der Waals surface area contributed by atoms with Gasteiger partial charge in [-0.2, -0.15) is 0 Å². The molecule has 152 valence electrons. The number of halogens is 3. The van der Waals surface area contributed by atoms with Gasteiger partial charge in [-0.25, -0.2) is 12.8 Å². The van der Waals surface area contributed by atoms with Gasteiger partial charge in [0.1, 0.15) is 5.82 Å². The number of rotatable bonds is 5. The molecule has 6 heteroatoms. The van der Waals surface area contributed by atoms with Crippen LogP contribution in [0.2, 0.25) is 10.0 Å². The molecule has 0 aliphatic rings. The average Bonchev–Trinajstić information content (AvgIpc) is 2.73. The molecule has 0 saturated heterocycles. The zero-order valence-corrected chi connectivity index (χ0v) is 18.1. The Kier molecular flexibility index (Phi) is 5.83. The summed E-state index contributed by atoms with van der Waals surface area (Å²) < 4.78 is 41.4. The van der Waals surface area contributed by atoms with E-state index in [2.05, 4.69) is 0 Å². The predicted octanol–water partition coefficient (Wildman–Crippen LogP) is 6.90. The smallest absolute Gasteiger partial charge is 0.207 e. The number of hydrogen-bond acceptors (Lipinski definition) is 2. The first-order valence-corrected chi connectivity index (χ1v) is 11.6. The summed E-state index contributed by atoms with van der Waals surface area (Å²) in [4.78, 5) is 0.416. The van der Waals surface area contributed by atoms with Gasteiger partial charge >= 0.3 is 0 Å². The van der Waals surface area contributed by atoms with Crippen molar-refractivity contribution < 1.29 is 12.8 Å². The highest BCUT2D eigenvalue weighted by Gasteiger charge is 2.24. The van der Waals surface area contributed by atoms with Crippen LogP contribution in [0.15, 0.2) is 88.7 Å². The second kappa shape index (κ2) is 8.38. The molecule has 0 fully saturated rings. The second-order valence-corrected chi connectivity index (χ2v) is 9.73. The van der Waals surface area contributed by atoms with Gasteiger partial charge < -0.3 is 0 Å². The van der Waals surface area contributed by atoms with Crippen molar-refractivity contribution in [1.82, 2.24) is 0 Å². The molecule has 30 heavy (non-hydrogen) atoms. The summed E-state index contributed by atoms with van der Waals surface area (Å²) >= 11 is 11.8. The van der Waals surface area contributed by atoms with Crippen LogP contribution in [0.3, 0.4) is 0 Å². The Labute approximate surface area is 184 Å². The standard InChI is InChI=1S/C24H17Cl2FO2S/c25-19-11-13-21(14-12-19)30(28,29)24-18(7-5-16-3-1-2-4-22(16)24)8-6-17-9-10-20(26)15-23(17)27/h1-5,7,9-15H,6,8H2. The van der Waals surface area contributed by atoms with E-state index in [9.17, 15) is 12.8 Å². The minimum absolute atomic E-state index is 0.169. The third-order valence-corrected chi connectivity index (χ3v) is 7.43. The second-order valence-electron chi connectivity index (χ2n) is 6.97. The van der Waals surface area contributed by atoms with E-state index in [1.54, 1.807) is 36.4 Å². The topological polar surface area (TPSA) is 34.1 Å². The fraction of sp³-hybridized carbons (Fsp3) is 0.0833. The molecule has 0 radical (unpaired) electrons. The molecule has 4 rings (SSSR count). The summed E-state index contributed by atoms with van der Waals surface area (Å²) in [5.41, 5.74) is 1.13. The molecule has 2 nitrogen and oxygen atoms in total. The molecule has 0 atom stereocenters. The van der Waals surface area contributed by atoms with Crippen LogP contribution in [0.1, 0.15) is 11.1 Å². The van der Waals surface area contributed by atoms with Crippen LogP contribution >= 0.6 is 23.2 Å². The number of hydrogen-bond donors (Lipinski definition) is 0. The van der Waals surface area contributed by atoms with Crippen molar-refractivity contribution in [1.29, 1.82) is 0 Å². The van der Waals surface area contributed by atoms with E-state index in [1.165, 1.54) is 18.2 Å². The number of benzene rings is 4. The van der Waals surface area contributed by atoms with Crippen LogP contribution in [-0.4, -0.2) is 8.42 Å². The third-order valence-electron chi connectivity index (χ3n) is 5.03. The zero-order chi connectivity index (χ0) is 21.3. The van der Waals surface area contributed by atoms with Crippen molar-refractivity contribution in [3.8, 4) is 0 Å². The lowest BCUT2D eigenvalue weighted by atomic mass is 10.0. The van der Waals surface area contributed by atoms with Gasteiger partial charge in [0.2, 0.25) is 9.84 Å². The summed E-state index contributed by atoms with van der Waals surface area (Å²) in [5, 5.41) is 2.26. The number of aryl methyl sites for hydroxylation is 2. The summed E-state index contributed by atoms with van der Waals surface area (Å²) in [6.07, 6.45) is 0.718. The van der Waals surface area contributed by atoms with Gasteiger partial charge in [0.05, 0.1) is 9.79 Å². The molecule has 0 amide bonds. The normalized spacial score (nSPS) is 11.7. The van der Waals surface area contributed by atoms with Crippen molar-refractivity contribution in [2.24, 2.45) is 0 Å². The van der Waals surface area contributed by atoms with E-state index in [-0.39, 0.29) is 9.79 Å². The van der Waals surface area contributed by atoms with Gasteiger partial charge in [-0.15, -0.1) is 0 Å². The molecule has 0 spiro atoms. The molecule has 0 saturated carbocycles. The van der Waals surface area contributed by atoms with Gasteiger partial charge in [-0.05, 0) is 65.8 Å². The Bertz CT molecular complexity index is 1330. The van der Waals surface area contributed by atoms with E-state index >= 15 is 0 Å². The van der Waals surface area contributed by atoms with Gasteiger partial charge in [0.15, 0.2) is 0 Å². The maximum Gasteiger partial charge on any atom is 0.207 e. The molecule has 0 heterocycles. The Morgan fingerprint density at radius 1 is 0.733 bits per heavy atom. The van der Waals surface area contributed by atoms with Crippen molar-refractivity contribution in [3.05, 3.63) is 106 Å². The van der Waals surface area contributed by atoms with Crippen LogP contribution < -0.4 is 0 Å². The van der Waals surface area contributed by atoms with Crippen molar-refractivity contribution in [3.63, 3.8) is 0 Å². The molecule has 0 aliphatic heterocycles. The summed E-state index contributed by atoms with van der Waals surface area (Å²) in [6.45, 7) is 0. The molecule has 4 aromatic carbocycles. The predicted molar refractivity (Wildman–Crippen MR) is 120 cm³/mol. The van der Waals surface area contributed by atoms with Crippen LogP contribution in [-0.2, 0) is 22.7 Å². The van der Waals surface area contributed by atoms with Crippen molar-refractivity contribution in [2.75, 3.05) is 0 Å². The van der Waals surface area contributed by atoms with Gasteiger partial charge in [-0.3, -0.25) is 0 Å². The molecule has 0 aromatic heterocycles. The highest BCUT2D eigenvalue weighted by atomic mass is 35.5. The van der Waals surface area contributed by atoms with E-state index in [4.69, 9.17) is 23.2 Å². The maximum atomic E-state index is 14.2. The highest BCUT2D eigenvalue weighted by Crippen LogP contribution is 2.33. The fourth-order valence-electron chi connectivity index (χ4n) is 3.53. The lowest BCUT2D eigenvalue weighted by Crippen LogP contribution is -2.08. The number of sulfone groups is 1.